The SMILES string of the molecule is COc1cccc(CN2CCC(NC(=O)c3cc(F)c(C)c([N+](=O)[O-])c3)CC2)c1. The molecule has 154 valence electrons. The lowest BCUT2D eigenvalue weighted by molar-refractivity contribution is -0.385. The molecule has 1 saturated heterocycles. The van der Waals surface area contributed by atoms with Gasteiger partial charge < -0.3 is 10.1 Å². The molecule has 0 atom stereocenters. The number of rotatable bonds is 6. The standard InChI is InChI=1S/C21H24FN3O4/c1-14-19(22)11-16(12-20(14)25(27)28)21(26)23-17-6-8-24(9-7-17)13-15-4-3-5-18(10-15)29-2/h3-5,10-12,17H,6-9,13H2,1-2H3,(H,23,26). The number of amides is 1. The van der Waals surface area contributed by atoms with Crippen LogP contribution in [0.25, 0.3) is 0 Å². The van der Waals surface area contributed by atoms with Gasteiger partial charge in [-0.25, -0.2) is 4.39 Å². The van der Waals surface area contributed by atoms with Crippen molar-refractivity contribution in [3.8, 4) is 5.75 Å². The number of hydrogen-bond acceptors (Lipinski definition) is 5. The normalized spacial score (nSPS) is 15.1. The zero-order chi connectivity index (χ0) is 21.0. The zero-order valence-corrected chi connectivity index (χ0v) is 16.5. The number of methoxy groups -OCH3 is 1. The van der Waals surface area contributed by atoms with Crippen molar-refractivity contribution in [3.63, 3.8) is 0 Å². The van der Waals surface area contributed by atoms with Crippen LogP contribution in [-0.4, -0.2) is 42.0 Å². The fourth-order valence-electron chi connectivity index (χ4n) is 3.52. The van der Waals surface area contributed by atoms with Gasteiger partial charge in [-0.05, 0) is 43.5 Å². The minimum absolute atomic E-state index is 0.0291. The Bertz CT molecular complexity index is 911. The Morgan fingerprint density at radius 3 is 2.69 bits per heavy atom. The van der Waals surface area contributed by atoms with E-state index in [0.717, 1.165) is 55.9 Å². The molecule has 0 unspecified atom stereocenters. The molecule has 7 nitrogen and oxygen atoms in total. The molecule has 29 heavy (non-hydrogen) atoms. The van der Waals surface area contributed by atoms with Gasteiger partial charge in [0.15, 0.2) is 0 Å². The van der Waals surface area contributed by atoms with Gasteiger partial charge in [0.1, 0.15) is 11.6 Å². The molecular weight excluding hydrogens is 377 g/mol. The summed E-state index contributed by atoms with van der Waals surface area (Å²) in [7, 11) is 1.64. The van der Waals surface area contributed by atoms with Crippen molar-refractivity contribution >= 4 is 11.6 Å². The summed E-state index contributed by atoms with van der Waals surface area (Å²) in [5, 5.41) is 13.9. The molecule has 0 aliphatic carbocycles. The quantitative estimate of drug-likeness (QED) is 0.592. The van der Waals surface area contributed by atoms with Crippen LogP contribution >= 0.6 is 0 Å². The Hall–Kier alpha value is -3.00. The van der Waals surface area contributed by atoms with Crippen LogP contribution in [0.5, 0.6) is 5.75 Å². The smallest absolute Gasteiger partial charge is 0.276 e. The van der Waals surface area contributed by atoms with Crippen molar-refractivity contribution in [2.24, 2.45) is 0 Å². The predicted molar refractivity (Wildman–Crippen MR) is 107 cm³/mol. The van der Waals surface area contributed by atoms with Gasteiger partial charge in [0.25, 0.3) is 11.6 Å². The fourth-order valence-corrected chi connectivity index (χ4v) is 3.52. The molecule has 1 heterocycles. The average molecular weight is 401 g/mol. The number of nitrogens with one attached hydrogen (secondary N) is 1. The Morgan fingerprint density at radius 2 is 2.03 bits per heavy atom. The van der Waals surface area contributed by atoms with Gasteiger partial charge >= 0.3 is 0 Å². The molecule has 0 spiro atoms. The molecule has 0 radical (unpaired) electrons. The maximum Gasteiger partial charge on any atom is 0.276 e. The van der Waals surface area contributed by atoms with E-state index in [1.54, 1.807) is 7.11 Å². The topological polar surface area (TPSA) is 84.7 Å². The van der Waals surface area contributed by atoms with E-state index in [4.69, 9.17) is 4.74 Å². The Labute approximate surface area is 168 Å². The number of hydrogen-bond donors (Lipinski definition) is 1. The van der Waals surface area contributed by atoms with Crippen molar-refractivity contribution < 1.29 is 18.8 Å². The van der Waals surface area contributed by atoms with Crippen molar-refractivity contribution in [1.29, 1.82) is 0 Å². The maximum absolute atomic E-state index is 14.0. The lowest BCUT2D eigenvalue weighted by Gasteiger charge is -2.32. The van der Waals surface area contributed by atoms with E-state index in [-0.39, 0.29) is 22.9 Å². The highest BCUT2D eigenvalue weighted by Gasteiger charge is 2.24. The summed E-state index contributed by atoms with van der Waals surface area (Å²) in [6.07, 6.45) is 1.51. The predicted octanol–water partition coefficient (Wildman–Crippen LogP) is 3.45. The lowest BCUT2D eigenvalue weighted by atomic mass is 10.0. The first kappa shape index (κ1) is 20.7. The number of likely N-dealkylation sites (tertiary alicyclic amines) is 1. The summed E-state index contributed by atoms with van der Waals surface area (Å²) in [4.78, 5) is 25.2. The number of ether oxygens (including phenoxy) is 1. The van der Waals surface area contributed by atoms with E-state index < -0.39 is 16.6 Å². The molecule has 2 aromatic carbocycles. The summed E-state index contributed by atoms with van der Waals surface area (Å²) < 4.78 is 19.2. The van der Waals surface area contributed by atoms with Crippen LogP contribution in [0.15, 0.2) is 36.4 Å². The Kier molecular flexibility index (Phi) is 6.43. The third-order valence-electron chi connectivity index (χ3n) is 5.24. The second-order valence-electron chi connectivity index (χ2n) is 7.23. The first-order chi connectivity index (χ1) is 13.9. The van der Waals surface area contributed by atoms with E-state index in [2.05, 4.69) is 16.3 Å². The monoisotopic (exact) mass is 401 g/mol. The molecule has 3 rings (SSSR count). The van der Waals surface area contributed by atoms with Gasteiger partial charge in [-0.3, -0.25) is 19.8 Å². The minimum atomic E-state index is -0.752. The second kappa shape index (κ2) is 9.00. The largest absolute Gasteiger partial charge is 0.497 e. The maximum atomic E-state index is 14.0. The summed E-state index contributed by atoms with van der Waals surface area (Å²) in [5.74, 6) is -0.417. The van der Waals surface area contributed by atoms with Crippen LogP contribution in [0.4, 0.5) is 10.1 Å². The number of nitro benzene ring substituents is 1. The fraction of sp³-hybridized carbons (Fsp3) is 0.381. The van der Waals surface area contributed by atoms with Crippen LogP contribution in [-0.2, 0) is 6.54 Å². The van der Waals surface area contributed by atoms with Crippen molar-refractivity contribution in [3.05, 3.63) is 69.0 Å². The molecule has 1 N–H and O–H groups in total. The number of halogens is 1. The molecule has 1 aliphatic rings. The van der Waals surface area contributed by atoms with Crippen LogP contribution in [0, 0.1) is 22.9 Å². The van der Waals surface area contributed by atoms with Crippen LogP contribution in [0.3, 0.4) is 0 Å². The molecule has 0 aromatic heterocycles. The molecule has 2 aromatic rings. The van der Waals surface area contributed by atoms with Gasteiger partial charge in [-0.15, -0.1) is 0 Å². The van der Waals surface area contributed by atoms with Gasteiger partial charge in [0, 0.05) is 37.3 Å². The van der Waals surface area contributed by atoms with E-state index >= 15 is 0 Å². The summed E-state index contributed by atoms with van der Waals surface area (Å²) in [6, 6.07) is 10.1. The van der Waals surface area contributed by atoms with Gasteiger partial charge in [0.05, 0.1) is 17.6 Å². The van der Waals surface area contributed by atoms with E-state index in [1.165, 1.54) is 6.92 Å². The van der Waals surface area contributed by atoms with E-state index in [0.29, 0.717) is 0 Å². The first-order valence-corrected chi connectivity index (χ1v) is 9.48. The zero-order valence-electron chi connectivity index (χ0n) is 16.5. The third kappa shape index (κ3) is 5.08. The number of nitrogens with zero attached hydrogens (tertiary/aromatic N) is 2. The van der Waals surface area contributed by atoms with Crippen molar-refractivity contribution in [2.45, 2.75) is 32.4 Å². The van der Waals surface area contributed by atoms with Gasteiger partial charge in [-0.1, -0.05) is 12.1 Å². The highest BCUT2D eigenvalue weighted by molar-refractivity contribution is 5.95. The number of carbonyl (C=O) groups is 1. The molecule has 1 fully saturated rings. The molecular formula is C21H24FN3O4. The molecule has 8 heteroatoms. The Morgan fingerprint density at radius 1 is 1.31 bits per heavy atom. The highest BCUT2D eigenvalue weighted by atomic mass is 19.1. The minimum Gasteiger partial charge on any atom is -0.497 e. The van der Waals surface area contributed by atoms with Crippen molar-refractivity contribution in [1.82, 2.24) is 10.2 Å². The van der Waals surface area contributed by atoms with Crippen molar-refractivity contribution in [2.75, 3.05) is 20.2 Å². The molecule has 0 saturated carbocycles. The second-order valence-corrected chi connectivity index (χ2v) is 7.23. The number of carbonyl (C=O) groups excluding carboxylic acids is 1. The average Bonchev–Trinajstić information content (AvgIpc) is 2.71. The van der Waals surface area contributed by atoms with E-state index in [1.807, 2.05) is 18.2 Å². The highest BCUT2D eigenvalue weighted by Crippen LogP contribution is 2.23. The number of nitro groups is 1. The molecule has 0 bridgehead atoms. The van der Waals surface area contributed by atoms with Crippen LogP contribution in [0.1, 0.15) is 34.3 Å². The first-order valence-electron chi connectivity index (χ1n) is 9.48. The lowest BCUT2D eigenvalue weighted by Crippen LogP contribution is -2.44. The van der Waals surface area contributed by atoms with Gasteiger partial charge in [-0.2, -0.15) is 0 Å². The van der Waals surface area contributed by atoms with Gasteiger partial charge in [0.2, 0.25) is 0 Å². The summed E-state index contributed by atoms with van der Waals surface area (Å²) >= 11 is 0. The molecule has 1 amide bonds. The number of benzene rings is 2. The van der Waals surface area contributed by atoms with E-state index in [9.17, 15) is 19.3 Å². The molecule has 1 aliphatic heterocycles. The Balaban J connectivity index is 1.56. The summed E-state index contributed by atoms with van der Waals surface area (Å²) in [6.45, 7) is 3.75. The number of piperidine rings is 1. The van der Waals surface area contributed by atoms with Crippen LogP contribution in [0.2, 0.25) is 0 Å². The third-order valence-corrected chi connectivity index (χ3v) is 5.24. The van der Waals surface area contributed by atoms with Crippen LogP contribution < -0.4 is 10.1 Å². The summed E-state index contributed by atoms with van der Waals surface area (Å²) in [5.41, 5.74) is 0.675.